The molecular weight excluding hydrogens is 396 g/mol. The number of anilines is 1. The predicted molar refractivity (Wildman–Crippen MR) is 118 cm³/mol. The van der Waals surface area contributed by atoms with Crippen molar-refractivity contribution >= 4 is 18.2 Å². The van der Waals surface area contributed by atoms with Crippen LogP contribution in [0, 0.1) is 18.8 Å². The molecule has 2 amide bonds. The molecule has 166 valence electrons. The Kier molecular flexibility index (Phi) is 6.99. The minimum absolute atomic E-state index is 0.0822. The highest BCUT2D eigenvalue weighted by molar-refractivity contribution is 5.75. The minimum Gasteiger partial charge on any atom is -0.497 e. The first-order chi connectivity index (χ1) is 14.9. The summed E-state index contributed by atoms with van der Waals surface area (Å²) in [4.78, 5) is 31.7. The van der Waals surface area contributed by atoms with E-state index in [1.54, 1.807) is 12.0 Å². The molecule has 0 radical (unpaired) electrons. The number of pyridine rings is 1. The lowest BCUT2D eigenvalue weighted by atomic mass is 9.89. The summed E-state index contributed by atoms with van der Waals surface area (Å²) in [5.41, 5.74) is 3.43. The number of ether oxygens (including phenoxy) is 1. The number of nitrogens with zero attached hydrogens (tertiary/aromatic N) is 4. The minimum atomic E-state index is -0.250. The smallest absolute Gasteiger partial charge is 0.320 e. The van der Waals surface area contributed by atoms with Crippen molar-refractivity contribution in [3.63, 3.8) is 0 Å². The largest absolute Gasteiger partial charge is 0.497 e. The zero-order chi connectivity index (χ0) is 22.5. The van der Waals surface area contributed by atoms with E-state index in [2.05, 4.69) is 34.1 Å². The average Bonchev–Trinajstić information content (AvgIpc) is 3.32. The fourth-order valence-corrected chi connectivity index (χ4v) is 4.66. The first-order valence-corrected chi connectivity index (χ1v) is 10.3. The van der Waals surface area contributed by atoms with Crippen LogP contribution in [0.2, 0.25) is 0 Å². The van der Waals surface area contributed by atoms with Gasteiger partial charge in [-0.15, -0.1) is 0 Å². The molecule has 4 rings (SSSR count). The summed E-state index contributed by atoms with van der Waals surface area (Å²) in [6.07, 6.45) is 1.88. The van der Waals surface area contributed by atoms with Crippen LogP contribution in [0.4, 0.5) is 10.5 Å². The van der Waals surface area contributed by atoms with Crippen LogP contribution in [-0.4, -0.2) is 73.2 Å². The Morgan fingerprint density at radius 1 is 1.19 bits per heavy atom. The number of rotatable bonds is 3. The van der Waals surface area contributed by atoms with Gasteiger partial charge in [-0.2, -0.15) is 0 Å². The zero-order valence-electron chi connectivity index (χ0n) is 18.4. The number of amides is 2. The number of urea groups is 1. The third-order valence-electron chi connectivity index (χ3n) is 6.00. The van der Waals surface area contributed by atoms with Crippen LogP contribution in [0.5, 0.6) is 5.75 Å². The normalized spacial score (nSPS) is 21.7. The van der Waals surface area contributed by atoms with E-state index in [0.717, 1.165) is 31.1 Å². The molecule has 8 nitrogen and oxygen atoms in total. The Morgan fingerprint density at radius 2 is 1.87 bits per heavy atom. The number of methoxy groups -OCH3 is 1. The van der Waals surface area contributed by atoms with Crippen molar-refractivity contribution in [3.05, 3.63) is 53.9 Å². The monoisotopic (exact) mass is 426 g/mol. The quantitative estimate of drug-likeness (QED) is 0.760. The van der Waals surface area contributed by atoms with Crippen molar-refractivity contribution in [1.82, 2.24) is 14.8 Å². The van der Waals surface area contributed by atoms with Crippen LogP contribution in [-0.2, 0) is 4.79 Å². The summed E-state index contributed by atoms with van der Waals surface area (Å²) in [5.74, 6) is 1.71. The maximum Gasteiger partial charge on any atom is 0.320 e. The highest BCUT2D eigenvalue weighted by Gasteiger charge is 2.49. The molecule has 0 spiro atoms. The summed E-state index contributed by atoms with van der Waals surface area (Å²) < 4.78 is 5.31. The first-order valence-electron chi connectivity index (χ1n) is 10.3. The van der Waals surface area contributed by atoms with E-state index >= 15 is 0 Å². The second-order valence-corrected chi connectivity index (χ2v) is 8.14. The van der Waals surface area contributed by atoms with Gasteiger partial charge in [0.05, 0.1) is 13.2 Å². The van der Waals surface area contributed by atoms with E-state index in [9.17, 15) is 4.79 Å². The summed E-state index contributed by atoms with van der Waals surface area (Å²) >= 11 is 0. The molecule has 3 atom stereocenters. The SMILES string of the molecule is COc1ccc([C@H]2[C@@H]3CN(c4ccnc(C)c4)C[C@@H]3CN2C(=O)N(C)C)cc1.O=CO. The number of carbonyl (C=O) groups is 2. The number of fused-ring (bicyclic) bond motifs is 1. The highest BCUT2D eigenvalue weighted by atomic mass is 16.5. The molecule has 3 heterocycles. The van der Waals surface area contributed by atoms with Crippen molar-refractivity contribution in [3.8, 4) is 5.75 Å². The maximum atomic E-state index is 12.9. The average molecular weight is 427 g/mol. The molecule has 2 aliphatic rings. The van der Waals surface area contributed by atoms with Crippen LogP contribution >= 0.6 is 0 Å². The summed E-state index contributed by atoms with van der Waals surface area (Å²) in [5, 5.41) is 6.89. The number of hydrogen-bond donors (Lipinski definition) is 1. The van der Waals surface area contributed by atoms with Gasteiger partial charge in [-0.3, -0.25) is 9.78 Å². The third-order valence-corrected chi connectivity index (χ3v) is 6.00. The van der Waals surface area contributed by atoms with Gasteiger partial charge < -0.3 is 24.5 Å². The second-order valence-electron chi connectivity index (χ2n) is 8.14. The second kappa shape index (κ2) is 9.68. The number of carboxylic acid groups (broad SMARTS) is 1. The molecule has 0 bridgehead atoms. The van der Waals surface area contributed by atoms with Crippen LogP contribution in [0.1, 0.15) is 17.3 Å². The molecule has 31 heavy (non-hydrogen) atoms. The van der Waals surface area contributed by atoms with Gasteiger partial charge in [0.1, 0.15) is 5.75 Å². The molecule has 0 unspecified atom stereocenters. The lowest BCUT2D eigenvalue weighted by molar-refractivity contribution is -0.122. The summed E-state index contributed by atoms with van der Waals surface area (Å²) in [7, 11) is 5.33. The van der Waals surface area contributed by atoms with Gasteiger partial charge in [0, 0.05) is 63.1 Å². The Labute approximate surface area is 183 Å². The Hall–Kier alpha value is -3.29. The molecule has 1 N–H and O–H groups in total. The molecule has 2 saturated heterocycles. The highest BCUT2D eigenvalue weighted by Crippen LogP contribution is 2.46. The molecule has 8 heteroatoms. The number of likely N-dealkylation sites (tertiary alicyclic amines) is 1. The van der Waals surface area contributed by atoms with Crippen molar-refractivity contribution in [2.75, 3.05) is 45.7 Å². The topological polar surface area (TPSA) is 86.2 Å². The molecular formula is C23H30N4O4. The number of benzene rings is 1. The van der Waals surface area contributed by atoms with E-state index in [1.165, 1.54) is 11.3 Å². The third kappa shape index (κ3) is 4.73. The van der Waals surface area contributed by atoms with Gasteiger partial charge >= 0.3 is 6.03 Å². The van der Waals surface area contributed by atoms with Crippen molar-refractivity contribution in [2.24, 2.45) is 11.8 Å². The van der Waals surface area contributed by atoms with E-state index in [1.807, 2.05) is 44.2 Å². The summed E-state index contributed by atoms with van der Waals surface area (Å²) in [6.45, 7) is 4.48. The van der Waals surface area contributed by atoms with E-state index < -0.39 is 0 Å². The number of hydrogen-bond acceptors (Lipinski definition) is 5. The molecule has 2 aliphatic heterocycles. The van der Waals surface area contributed by atoms with Gasteiger partial charge in [0.25, 0.3) is 6.47 Å². The molecule has 2 fully saturated rings. The van der Waals surface area contributed by atoms with Gasteiger partial charge in [0.2, 0.25) is 0 Å². The van der Waals surface area contributed by atoms with E-state index in [-0.39, 0.29) is 18.5 Å². The molecule has 0 saturated carbocycles. The number of carbonyl (C=O) groups excluding carboxylic acids is 1. The predicted octanol–water partition coefficient (Wildman–Crippen LogP) is 2.89. The molecule has 0 aliphatic carbocycles. The van der Waals surface area contributed by atoms with Crippen molar-refractivity contribution < 1.29 is 19.4 Å². The lowest BCUT2D eigenvalue weighted by Crippen LogP contribution is -2.41. The number of aromatic nitrogens is 1. The van der Waals surface area contributed by atoms with E-state index in [0.29, 0.717) is 11.8 Å². The van der Waals surface area contributed by atoms with Crippen molar-refractivity contribution in [2.45, 2.75) is 13.0 Å². The fourth-order valence-electron chi connectivity index (χ4n) is 4.66. The van der Waals surface area contributed by atoms with Gasteiger partial charge in [-0.25, -0.2) is 4.79 Å². The Bertz CT molecular complexity index is 903. The lowest BCUT2D eigenvalue weighted by Gasteiger charge is -2.32. The van der Waals surface area contributed by atoms with Gasteiger partial charge in [-0.05, 0) is 36.8 Å². The van der Waals surface area contributed by atoms with Crippen LogP contribution in [0.15, 0.2) is 42.6 Å². The molecule has 1 aromatic carbocycles. The maximum absolute atomic E-state index is 12.9. The zero-order valence-corrected chi connectivity index (χ0v) is 18.4. The molecule has 1 aromatic heterocycles. The summed E-state index contributed by atoms with van der Waals surface area (Å²) in [6, 6.07) is 12.6. The Balaban J connectivity index is 0.000000858. The fraction of sp³-hybridized carbons (Fsp3) is 0.435. The number of aryl methyl sites for hydroxylation is 1. The Morgan fingerprint density at radius 3 is 2.45 bits per heavy atom. The van der Waals surface area contributed by atoms with Gasteiger partial charge in [-0.1, -0.05) is 12.1 Å². The first kappa shape index (κ1) is 22.4. The van der Waals surface area contributed by atoms with Crippen LogP contribution in [0.3, 0.4) is 0 Å². The van der Waals surface area contributed by atoms with Gasteiger partial charge in [0.15, 0.2) is 0 Å². The van der Waals surface area contributed by atoms with Crippen LogP contribution in [0.25, 0.3) is 0 Å². The van der Waals surface area contributed by atoms with Crippen LogP contribution < -0.4 is 9.64 Å². The van der Waals surface area contributed by atoms with E-state index in [4.69, 9.17) is 14.6 Å². The van der Waals surface area contributed by atoms with Crippen molar-refractivity contribution in [1.29, 1.82) is 0 Å². The molecule has 2 aromatic rings. The standard InChI is InChI=1S/C22H28N4O2.CH2O2/c1-15-11-18(9-10-23-15)25-12-17-13-26(22(27)24(2)3)21(20(17)14-25)16-5-7-19(28-4)8-6-16;2-1-3/h5-11,17,20-21H,12-14H2,1-4H3;1H,(H,2,3)/t17-,20-,21+;/m1./s1.